The number of nitrogens with zero attached hydrogens (tertiary/aromatic N) is 2. The first kappa shape index (κ1) is 20.0. The largest absolute Gasteiger partial charge is 0.394 e. The fourth-order valence-corrected chi connectivity index (χ4v) is 7.57. The van der Waals surface area contributed by atoms with Crippen LogP contribution in [0.25, 0.3) is 0 Å². The molecule has 3 fully saturated rings. The zero-order chi connectivity index (χ0) is 21.2. The summed E-state index contributed by atoms with van der Waals surface area (Å²) in [5.41, 5.74) is 3.04. The van der Waals surface area contributed by atoms with Crippen LogP contribution in [0, 0.1) is 5.92 Å². The Morgan fingerprint density at radius 1 is 1.26 bits per heavy atom. The van der Waals surface area contributed by atoms with Crippen LogP contribution in [0.2, 0.25) is 5.02 Å². The molecular weight excluding hydrogens is 430 g/mol. The minimum absolute atomic E-state index is 0.114. The van der Waals surface area contributed by atoms with Gasteiger partial charge >= 0.3 is 0 Å². The lowest BCUT2D eigenvalue weighted by molar-refractivity contribution is 0.144. The topological polar surface area (TPSA) is 65.5 Å². The molecule has 2 aromatic rings. The number of pyridine rings is 1. The number of aliphatic hydroxyl groups excluding tert-OH is 1. The first-order valence-corrected chi connectivity index (χ1v) is 13.1. The molecule has 1 aromatic heterocycles. The number of anilines is 2. The highest BCUT2D eigenvalue weighted by Gasteiger charge is 2.46. The standard InChI is InChI=1S/C24H28ClN3O2S/c25-17-4-2-15(3-5-17)19-11-18-10-16(19)13-28(18)22-12-21(27-24(14-29)7-1-8-24)23-20(26-22)6-9-31(23)30/h2-5,12,16,18-19,29H,1,6-11,13-14H2,(H,26,27)/t16?,18?,19?,31-/m1/s1. The smallest absolute Gasteiger partial charge is 0.131 e. The van der Waals surface area contributed by atoms with Crippen molar-refractivity contribution >= 4 is 33.9 Å². The predicted octanol–water partition coefficient (Wildman–Crippen LogP) is 4.11. The number of aliphatic hydroxyl groups is 1. The van der Waals surface area contributed by atoms with Gasteiger partial charge in [0.15, 0.2) is 0 Å². The van der Waals surface area contributed by atoms with Crippen molar-refractivity contribution in [2.45, 2.75) is 60.9 Å². The number of aromatic nitrogens is 1. The molecule has 164 valence electrons. The summed E-state index contributed by atoms with van der Waals surface area (Å²) in [7, 11) is -1.00. The van der Waals surface area contributed by atoms with Crippen molar-refractivity contribution in [1.29, 1.82) is 0 Å². The van der Waals surface area contributed by atoms with Crippen molar-refractivity contribution in [3.63, 3.8) is 0 Å². The van der Waals surface area contributed by atoms with E-state index in [9.17, 15) is 9.32 Å². The molecule has 3 unspecified atom stereocenters. The fraction of sp³-hybridized carbons (Fsp3) is 0.542. The van der Waals surface area contributed by atoms with E-state index in [2.05, 4.69) is 28.4 Å². The van der Waals surface area contributed by atoms with Crippen LogP contribution in [-0.2, 0) is 17.2 Å². The van der Waals surface area contributed by atoms with Crippen molar-refractivity contribution in [2.75, 3.05) is 29.1 Å². The molecule has 3 heterocycles. The third kappa shape index (κ3) is 3.30. The molecule has 2 bridgehead atoms. The van der Waals surface area contributed by atoms with E-state index in [4.69, 9.17) is 16.6 Å². The van der Waals surface area contributed by atoms with Crippen LogP contribution in [0.5, 0.6) is 0 Å². The van der Waals surface area contributed by atoms with Crippen LogP contribution in [0.15, 0.2) is 35.2 Å². The number of nitrogens with one attached hydrogen (secondary N) is 1. The molecule has 4 aliphatic rings. The van der Waals surface area contributed by atoms with Gasteiger partial charge in [-0.2, -0.15) is 0 Å². The van der Waals surface area contributed by atoms with Gasteiger partial charge in [-0.3, -0.25) is 4.21 Å². The Kier molecular flexibility index (Phi) is 4.82. The molecular formula is C24H28ClN3O2S. The van der Waals surface area contributed by atoms with Gasteiger partial charge in [-0.15, -0.1) is 0 Å². The fourth-order valence-electron chi connectivity index (χ4n) is 6.09. The quantitative estimate of drug-likeness (QED) is 0.707. The Hall–Kier alpha value is -1.63. The minimum atomic E-state index is -1.00. The third-order valence-corrected chi connectivity index (χ3v) is 9.67. The van der Waals surface area contributed by atoms with Crippen molar-refractivity contribution in [3.05, 3.63) is 46.6 Å². The lowest BCUT2D eigenvalue weighted by atomic mass is 9.77. The number of piperidine rings is 1. The van der Waals surface area contributed by atoms with E-state index in [-0.39, 0.29) is 12.1 Å². The maximum atomic E-state index is 12.7. The minimum Gasteiger partial charge on any atom is -0.394 e. The predicted molar refractivity (Wildman–Crippen MR) is 125 cm³/mol. The van der Waals surface area contributed by atoms with E-state index < -0.39 is 10.8 Å². The summed E-state index contributed by atoms with van der Waals surface area (Å²) in [4.78, 5) is 8.32. The molecule has 6 rings (SSSR count). The second-order valence-electron chi connectivity index (χ2n) is 9.72. The molecule has 2 aliphatic carbocycles. The van der Waals surface area contributed by atoms with E-state index >= 15 is 0 Å². The van der Waals surface area contributed by atoms with E-state index in [1.54, 1.807) is 0 Å². The summed E-state index contributed by atoms with van der Waals surface area (Å²) in [6.45, 7) is 1.13. The molecule has 0 spiro atoms. The normalized spacial score (nSPS) is 30.3. The lowest BCUT2D eigenvalue weighted by Gasteiger charge is -2.42. The highest BCUT2D eigenvalue weighted by Crippen LogP contribution is 2.49. The molecule has 2 aliphatic heterocycles. The Bertz CT molecular complexity index is 1030. The highest BCUT2D eigenvalue weighted by molar-refractivity contribution is 7.85. The number of aryl methyl sites for hydroxylation is 1. The van der Waals surface area contributed by atoms with Gasteiger partial charge in [-0.1, -0.05) is 23.7 Å². The van der Waals surface area contributed by atoms with Gasteiger partial charge < -0.3 is 15.3 Å². The third-order valence-electron chi connectivity index (χ3n) is 7.93. The summed E-state index contributed by atoms with van der Waals surface area (Å²) in [6.07, 6.45) is 6.14. The maximum absolute atomic E-state index is 12.7. The number of halogens is 1. The second-order valence-corrected chi connectivity index (χ2v) is 11.7. The molecule has 7 heteroatoms. The van der Waals surface area contributed by atoms with E-state index in [1.165, 1.54) is 12.0 Å². The number of fused-ring (bicyclic) bond motifs is 3. The SMILES string of the molecule is O=[S@@]1CCc2nc(N3CC4CC3CC4c3ccc(Cl)cc3)cc(NC3(CO)CCC3)c21. The summed E-state index contributed by atoms with van der Waals surface area (Å²) in [5.74, 6) is 2.87. The summed E-state index contributed by atoms with van der Waals surface area (Å²) < 4.78 is 12.7. The van der Waals surface area contributed by atoms with E-state index in [1.807, 2.05) is 12.1 Å². The zero-order valence-electron chi connectivity index (χ0n) is 17.5. The molecule has 0 amide bonds. The Morgan fingerprint density at radius 3 is 2.71 bits per heavy atom. The molecule has 1 aromatic carbocycles. The van der Waals surface area contributed by atoms with Crippen LogP contribution < -0.4 is 10.2 Å². The number of hydrogen-bond acceptors (Lipinski definition) is 5. The Labute approximate surface area is 190 Å². The average molecular weight is 458 g/mol. The summed E-state index contributed by atoms with van der Waals surface area (Å²) >= 11 is 6.08. The zero-order valence-corrected chi connectivity index (χ0v) is 19.1. The van der Waals surface area contributed by atoms with E-state index in [0.717, 1.165) is 65.8 Å². The first-order valence-electron chi connectivity index (χ1n) is 11.4. The second kappa shape index (κ2) is 7.46. The van der Waals surface area contributed by atoms with Crippen LogP contribution >= 0.6 is 11.6 Å². The van der Waals surface area contributed by atoms with Gasteiger partial charge in [0.05, 0.1) is 39.2 Å². The molecule has 1 saturated heterocycles. The number of hydrogen-bond donors (Lipinski definition) is 2. The Morgan fingerprint density at radius 2 is 2.06 bits per heavy atom. The molecule has 2 N–H and O–H groups in total. The van der Waals surface area contributed by atoms with Crippen molar-refractivity contribution in [1.82, 2.24) is 4.98 Å². The van der Waals surface area contributed by atoms with Crippen LogP contribution in [0.3, 0.4) is 0 Å². The molecule has 31 heavy (non-hydrogen) atoms. The lowest BCUT2D eigenvalue weighted by Crippen LogP contribution is -2.48. The summed E-state index contributed by atoms with van der Waals surface area (Å²) in [6, 6.07) is 10.9. The molecule has 5 nitrogen and oxygen atoms in total. The molecule has 0 radical (unpaired) electrons. The average Bonchev–Trinajstić information content (AvgIpc) is 3.45. The van der Waals surface area contributed by atoms with Gasteiger partial charge in [0, 0.05) is 35.8 Å². The number of benzene rings is 1. The maximum Gasteiger partial charge on any atom is 0.131 e. The van der Waals surface area contributed by atoms with Crippen LogP contribution in [-0.4, -0.2) is 44.8 Å². The first-order chi connectivity index (χ1) is 15.0. The van der Waals surface area contributed by atoms with Crippen molar-refractivity contribution in [2.24, 2.45) is 5.92 Å². The van der Waals surface area contributed by atoms with Crippen LogP contribution in [0.4, 0.5) is 11.5 Å². The Balaban J connectivity index is 1.28. The monoisotopic (exact) mass is 457 g/mol. The van der Waals surface area contributed by atoms with Gasteiger partial charge in [0.25, 0.3) is 0 Å². The van der Waals surface area contributed by atoms with Gasteiger partial charge in [0.2, 0.25) is 0 Å². The van der Waals surface area contributed by atoms with Gasteiger partial charge in [0.1, 0.15) is 5.82 Å². The van der Waals surface area contributed by atoms with E-state index in [0.29, 0.717) is 23.6 Å². The van der Waals surface area contributed by atoms with Gasteiger partial charge in [-0.25, -0.2) is 4.98 Å². The number of rotatable bonds is 5. The summed E-state index contributed by atoms with van der Waals surface area (Å²) in [5, 5.41) is 14.4. The molecule has 2 saturated carbocycles. The van der Waals surface area contributed by atoms with Crippen molar-refractivity contribution in [3.8, 4) is 0 Å². The van der Waals surface area contributed by atoms with Crippen LogP contribution in [0.1, 0.15) is 49.3 Å². The van der Waals surface area contributed by atoms with Crippen molar-refractivity contribution < 1.29 is 9.32 Å². The molecule has 4 atom stereocenters. The highest BCUT2D eigenvalue weighted by atomic mass is 35.5. The van der Waals surface area contributed by atoms with Gasteiger partial charge in [-0.05, 0) is 61.6 Å².